The molecule has 0 aliphatic rings. The van der Waals surface area contributed by atoms with E-state index in [4.69, 9.17) is 22.1 Å². The largest absolute Gasteiger partial charge is 0.484 e. The molecule has 0 atom stereocenters. The van der Waals surface area contributed by atoms with Crippen molar-refractivity contribution in [3.05, 3.63) is 45.6 Å². The summed E-state index contributed by atoms with van der Waals surface area (Å²) >= 11 is 7.24. The number of nitrogens with one attached hydrogen (secondary N) is 1. The number of nitrogen functional groups attached to an aromatic ring is 1. The van der Waals surface area contributed by atoms with Crippen molar-refractivity contribution in [2.24, 2.45) is 0 Å². The van der Waals surface area contributed by atoms with E-state index < -0.39 is 0 Å². The predicted molar refractivity (Wildman–Crippen MR) is 77.5 cm³/mol. The fourth-order valence-corrected chi connectivity index (χ4v) is 2.42. The van der Waals surface area contributed by atoms with Crippen molar-refractivity contribution < 1.29 is 9.53 Å². The maximum atomic E-state index is 11.6. The van der Waals surface area contributed by atoms with Crippen molar-refractivity contribution in [3.63, 3.8) is 0 Å². The Bertz CT molecular complexity index is 554. The maximum Gasteiger partial charge on any atom is 0.258 e. The quantitative estimate of drug-likeness (QED) is 0.834. The molecule has 1 aromatic carbocycles. The van der Waals surface area contributed by atoms with Gasteiger partial charge in [-0.2, -0.15) is 0 Å². The summed E-state index contributed by atoms with van der Waals surface area (Å²) in [5, 5.41) is 2.76. The molecule has 100 valence electrons. The lowest BCUT2D eigenvalue weighted by molar-refractivity contribution is -0.123. The first-order valence-corrected chi connectivity index (χ1v) is 6.82. The summed E-state index contributed by atoms with van der Waals surface area (Å²) in [5.41, 5.74) is 6.21. The molecule has 0 saturated heterocycles. The first-order chi connectivity index (χ1) is 9.13. The van der Waals surface area contributed by atoms with Gasteiger partial charge in [0.1, 0.15) is 5.75 Å². The van der Waals surface area contributed by atoms with Crippen molar-refractivity contribution in [1.29, 1.82) is 0 Å². The molecule has 0 fully saturated rings. The molecular weight excluding hydrogens is 284 g/mol. The molecule has 4 nitrogen and oxygen atoms in total. The fourth-order valence-electron chi connectivity index (χ4n) is 1.40. The number of anilines is 1. The molecule has 2 rings (SSSR count). The Morgan fingerprint density at radius 3 is 2.63 bits per heavy atom. The van der Waals surface area contributed by atoms with Gasteiger partial charge in [0.05, 0.1) is 10.9 Å². The van der Waals surface area contributed by atoms with Crippen LogP contribution in [-0.4, -0.2) is 12.5 Å². The zero-order chi connectivity index (χ0) is 13.7. The van der Waals surface area contributed by atoms with Crippen LogP contribution in [0.25, 0.3) is 0 Å². The lowest BCUT2D eigenvalue weighted by Crippen LogP contribution is -2.28. The van der Waals surface area contributed by atoms with E-state index in [1.165, 1.54) is 11.3 Å². The van der Waals surface area contributed by atoms with Crippen molar-refractivity contribution in [2.45, 2.75) is 6.54 Å². The molecule has 3 N–H and O–H groups in total. The highest BCUT2D eigenvalue weighted by Gasteiger charge is 2.04. The number of halogens is 1. The fraction of sp³-hybridized carbons (Fsp3) is 0.154. The first-order valence-electron chi connectivity index (χ1n) is 5.63. The molecule has 6 heteroatoms. The molecule has 19 heavy (non-hydrogen) atoms. The average molecular weight is 297 g/mol. The summed E-state index contributed by atoms with van der Waals surface area (Å²) in [4.78, 5) is 12.6. The van der Waals surface area contributed by atoms with Gasteiger partial charge in [0.2, 0.25) is 0 Å². The van der Waals surface area contributed by atoms with Crippen LogP contribution in [0, 0.1) is 0 Å². The van der Waals surface area contributed by atoms with Crippen LogP contribution in [0.3, 0.4) is 0 Å². The highest BCUT2D eigenvalue weighted by molar-refractivity contribution is 7.16. The highest BCUT2D eigenvalue weighted by atomic mass is 35.5. The molecule has 1 heterocycles. The summed E-state index contributed by atoms with van der Waals surface area (Å²) in [6, 6.07) is 10.6. The Morgan fingerprint density at radius 2 is 2.00 bits per heavy atom. The minimum atomic E-state index is -0.179. The van der Waals surface area contributed by atoms with Crippen LogP contribution in [0.4, 0.5) is 5.69 Å². The molecule has 0 saturated carbocycles. The van der Waals surface area contributed by atoms with E-state index in [-0.39, 0.29) is 12.5 Å². The molecule has 0 aliphatic carbocycles. The molecule has 0 unspecified atom stereocenters. The van der Waals surface area contributed by atoms with Gasteiger partial charge in [-0.1, -0.05) is 11.6 Å². The Hall–Kier alpha value is -1.72. The third kappa shape index (κ3) is 4.46. The summed E-state index contributed by atoms with van der Waals surface area (Å²) in [5.74, 6) is 0.435. The lowest BCUT2D eigenvalue weighted by Gasteiger charge is -2.06. The molecule has 0 radical (unpaired) electrons. The van der Waals surface area contributed by atoms with Crippen molar-refractivity contribution in [3.8, 4) is 5.75 Å². The number of benzene rings is 1. The van der Waals surface area contributed by atoms with E-state index in [0.717, 1.165) is 4.88 Å². The number of ether oxygens (including phenoxy) is 1. The molecule has 0 spiro atoms. The number of thiophene rings is 1. The number of carbonyl (C=O) groups excluding carboxylic acids is 1. The minimum Gasteiger partial charge on any atom is -0.484 e. The Morgan fingerprint density at radius 1 is 1.26 bits per heavy atom. The minimum absolute atomic E-state index is 0.0248. The number of nitrogens with two attached hydrogens (primary N) is 1. The van der Waals surface area contributed by atoms with E-state index in [1.54, 1.807) is 30.3 Å². The maximum absolute atomic E-state index is 11.6. The number of amides is 1. The van der Waals surface area contributed by atoms with Gasteiger partial charge in [-0.05, 0) is 36.4 Å². The topological polar surface area (TPSA) is 64.3 Å². The Kier molecular flexibility index (Phi) is 4.65. The Balaban J connectivity index is 1.74. The standard InChI is InChI=1S/C13H13ClN2O2S/c14-12-6-5-11(19-12)7-16-13(17)8-18-10-3-1-9(15)2-4-10/h1-6H,7-8,15H2,(H,16,17). The van der Waals surface area contributed by atoms with Crippen LogP contribution in [0.5, 0.6) is 5.75 Å². The number of hydrogen-bond acceptors (Lipinski definition) is 4. The van der Waals surface area contributed by atoms with Gasteiger partial charge in [0, 0.05) is 10.6 Å². The Labute approximate surface area is 120 Å². The van der Waals surface area contributed by atoms with Gasteiger partial charge >= 0.3 is 0 Å². The van der Waals surface area contributed by atoms with Gasteiger partial charge in [-0.15, -0.1) is 11.3 Å². The summed E-state index contributed by atoms with van der Waals surface area (Å²) in [6.45, 7) is 0.435. The lowest BCUT2D eigenvalue weighted by atomic mass is 10.3. The number of carbonyl (C=O) groups is 1. The summed E-state index contributed by atoms with van der Waals surface area (Å²) < 4.78 is 6.04. The summed E-state index contributed by atoms with van der Waals surface area (Å²) in [7, 11) is 0. The van der Waals surface area contributed by atoms with E-state index in [9.17, 15) is 4.79 Å². The third-order valence-corrected chi connectivity index (χ3v) is 3.57. The van der Waals surface area contributed by atoms with Crippen molar-refractivity contribution in [2.75, 3.05) is 12.3 Å². The molecule has 0 aliphatic heterocycles. The van der Waals surface area contributed by atoms with Crippen LogP contribution in [-0.2, 0) is 11.3 Å². The van der Waals surface area contributed by atoms with Gasteiger partial charge in [0.15, 0.2) is 6.61 Å². The predicted octanol–water partition coefficient (Wildman–Crippen LogP) is 2.68. The van der Waals surface area contributed by atoms with Crippen molar-refractivity contribution in [1.82, 2.24) is 5.32 Å². The van der Waals surface area contributed by atoms with Crippen LogP contribution < -0.4 is 15.8 Å². The van der Waals surface area contributed by atoms with E-state index in [2.05, 4.69) is 5.32 Å². The number of rotatable bonds is 5. The van der Waals surface area contributed by atoms with Crippen LogP contribution in [0.1, 0.15) is 4.88 Å². The van der Waals surface area contributed by atoms with Gasteiger partial charge in [0.25, 0.3) is 5.91 Å². The normalized spacial score (nSPS) is 10.2. The molecular formula is C13H13ClN2O2S. The highest BCUT2D eigenvalue weighted by Crippen LogP contribution is 2.20. The van der Waals surface area contributed by atoms with E-state index >= 15 is 0 Å². The first kappa shape index (κ1) is 13.7. The molecule has 0 bridgehead atoms. The molecule has 1 aromatic heterocycles. The third-order valence-electron chi connectivity index (χ3n) is 2.34. The molecule has 1 amide bonds. The smallest absolute Gasteiger partial charge is 0.258 e. The number of hydrogen-bond donors (Lipinski definition) is 2. The molecule has 2 aromatic rings. The zero-order valence-corrected chi connectivity index (χ0v) is 11.6. The second kappa shape index (κ2) is 6.45. The zero-order valence-electron chi connectivity index (χ0n) is 10.1. The average Bonchev–Trinajstić information content (AvgIpc) is 2.81. The van der Waals surface area contributed by atoms with Crippen LogP contribution in [0.2, 0.25) is 4.34 Å². The SMILES string of the molecule is Nc1ccc(OCC(=O)NCc2ccc(Cl)s2)cc1. The van der Waals surface area contributed by atoms with E-state index in [1.807, 2.05) is 6.07 Å². The van der Waals surface area contributed by atoms with Crippen LogP contribution >= 0.6 is 22.9 Å². The van der Waals surface area contributed by atoms with Crippen LogP contribution in [0.15, 0.2) is 36.4 Å². The van der Waals surface area contributed by atoms with Gasteiger partial charge in [-0.3, -0.25) is 4.79 Å². The van der Waals surface area contributed by atoms with Gasteiger partial charge in [-0.25, -0.2) is 0 Å². The second-order valence-corrected chi connectivity index (χ2v) is 5.64. The van der Waals surface area contributed by atoms with Gasteiger partial charge < -0.3 is 15.8 Å². The van der Waals surface area contributed by atoms with Crippen molar-refractivity contribution >= 4 is 34.5 Å². The van der Waals surface area contributed by atoms with E-state index in [0.29, 0.717) is 22.3 Å². The second-order valence-electron chi connectivity index (χ2n) is 3.84. The summed E-state index contributed by atoms with van der Waals surface area (Å²) in [6.07, 6.45) is 0. The monoisotopic (exact) mass is 296 g/mol.